The number of amides is 2. The molecule has 60 heavy (non-hydrogen) atoms. The lowest BCUT2D eigenvalue weighted by Gasteiger charge is -2.11. The van der Waals surface area contributed by atoms with Crippen LogP contribution in [0.15, 0.2) is 98.4 Å². The van der Waals surface area contributed by atoms with E-state index in [4.69, 9.17) is 22.0 Å². The van der Waals surface area contributed by atoms with Gasteiger partial charge in [-0.1, -0.05) is 0 Å². The third kappa shape index (κ3) is 7.35. The number of fused-ring (bicyclic) bond motifs is 2. The maximum atomic E-state index is 12.3. The third-order valence-corrected chi connectivity index (χ3v) is 10.4. The molecule has 0 radical (unpaired) electrons. The summed E-state index contributed by atoms with van der Waals surface area (Å²) in [6, 6.07) is 15.3. The minimum Gasteiger partial charge on any atom is -0.383 e. The summed E-state index contributed by atoms with van der Waals surface area (Å²) in [4.78, 5) is 50.6. The van der Waals surface area contributed by atoms with E-state index in [1.807, 2.05) is 24.3 Å². The van der Waals surface area contributed by atoms with Gasteiger partial charge in [0.25, 0.3) is 0 Å². The zero-order valence-corrected chi connectivity index (χ0v) is 31.4. The van der Waals surface area contributed by atoms with E-state index in [2.05, 4.69) is 73.1 Å². The number of nitrogen functional groups attached to an aromatic ring is 2. The molecule has 0 aromatic carbocycles. The van der Waals surface area contributed by atoms with Gasteiger partial charge in [0.05, 0.1) is 59.6 Å². The molecule has 0 aliphatic heterocycles. The predicted octanol–water partition coefficient (Wildman–Crippen LogP) is 5.52. The Balaban J connectivity index is 0.000000154. The lowest BCUT2D eigenvalue weighted by molar-refractivity contribution is -0.118. The Morgan fingerprint density at radius 2 is 1.08 bits per heavy atom. The average Bonchev–Trinajstić information content (AvgIpc) is 4.09. The molecule has 2 amide bonds. The Bertz CT molecular complexity index is 2820. The van der Waals surface area contributed by atoms with Crippen molar-refractivity contribution in [3.05, 3.63) is 98.4 Å². The molecular formula is C42H32N16O2. The molecule has 8 aromatic rings. The number of anilines is 4. The number of hydrogen-bond donors (Lipinski definition) is 6. The van der Waals surface area contributed by atoms with Crippen LogP contribution in [0.5, 0.6) is 0 Å². The van der Waals surface area contributed by atoms with Crippen molar-refractivity contribution in [2.75, 3.05) is 22.1 Å². The number of pyridine rings is 6. The van der Waals surface area contributed by atoms with Gasteiger partial charge in [-0.15, -0.1) is 0 Å². The number of aromatic nitrogens is 10. The van der Waals surface area contributed by atoms with Crippen LogP contribution in [0.1, 0.15) is 12.8 Å². The summed E-state index contributed by atoms with van der Waals surface area (Å²) in [5.74, 6) is 0.172. The molecule has 4 atom stereocenters. The number of nitrogens with one attached hydrogen (secondary N) is 4. The van der Waals surface area contributed by atoms with Gasteiger partial charge in [-0.2, -0.15) is 20.7 Å². The molecule has 10 rings (SSSR count). The number of carbonyl (C=O) groups is 2. The standard InChI is InChI=1S/2C21H16N8O/c2*22-6-12-3-15(12)21(30)29-19-5-11-4-18(28-20(23)16(11)10-25-19)17-9-24-2-1-14(17)13-7-26-27-8-13/h2*1-2,4-5,7-10,12,15H,3H2,(H2,23,28)(H,26,27)(H,25,29,30)/t12-,15?;12-,15+/m01/s1. The van der Waals surface area contributed by atoms with Gasteiger partial charge in [0.15, 0.2) is 0 Å². The van der Waals surface area contributed by atoms with Gasteiger partial charge < -0.3 is 22.1 Å². The fourth-order valence-electron chi connectivity index (χ4n) is 6.95. The van der Waals surface area contributed by atoms with E-state index in [1.54, 1.807) is 74.1 Å². The molecule has 8 aromatic heterocycles. The first-order valence-electron chi connectivity index (χ1n) is 18.7. The number of nitriles is 2. The number of aromatic amines is 2. The van der Waals surface area contributed by atoms with E-state index in [0.29, 0.717) is 58.3 Å². The molecule has 8 N–H and O–H groups in total. The monoisotopic (exact) mass is 792 g/mol. The average molecular weight is 793 g/mol. The fraction of sp³-hybridized carbons (Fsp3) is 0.143. The Kier molecular flexibility index (Phi) is 9.47. The van der Waals surface area contributed by atoms with Crippen molar-refractivity contribution in [2.45, 2.75) is 12.8 Å². The molecule has 0 bridgehead atoms. The van der Waals surface area contributed by atoms with Gasteiger partial charge >= 0.3 is 0 Å². The Labute approximate surface area is 340 Å². The van der Waals surface area contributed by atoms with Crippen molar-refractivity contribution >= 4 is 56.6 Å². The molecule has 1 unspecified atom stereocenters. The van der Waals surface area contributed by atoms with Crippen molar-refractivity contribution in [3.8, 4) is 56.9 Å². The summed E-state index contributed by atoms with van der Waals surface area (Å²) in [5, 5.41) is 40.0. The lowest BCUT2D eigenvalue weighted by atomic mass is 10.0. The van der Waals surface area contributed by atoms with Gasteiger partial charge in [-0.3, -0.25) is 29.8 Å². The van der Waals surface area contributed by atoms with Crippen molar-refractivity contribution in [1.82, 2.24) is 50.3 Å². The van der Waals surface area contributed by atoms with Crippen molar-refractivity contribution in [2.24, 2.45) is 23.7 Å². The smallest absolute Gasteiger partial charge is 0.230 e. The number of hydrogen-bond acceptors (Lipinski definition) is 14. The molecular weight excluding hydrogens is 761 g/mol. The van der Waals surface area contributed by atoms with E-state index in [1.165, 1.54) is 0 Å². The van der Waals surface area contributed by atoms with Crippen LogP contribution in [0.2, 0.25) is 0 Å². The summed E-state index contributed by atoms with van der Waals surface area (Å²) in [6.07, 6.45) is 18.3. The highest BCUT2D eigenvalue weighted by molar-refractivity contribution is 6.00. The molecule has 2 aliphatic carbocycles. The molecule has 2 fully saturated rings. The summed E-state index contributed by atoms with van der Waals surface area (Å²) in [5.41, 5.74) is 19.0. The van der Waals surface area contributed by atoms with Crippen molar-refractivity contribution < 1.29 is 9.59 Å². The second-order valence-electron chi connectivity index (χ2n) is 14.3. The first kappa shape index (κ1) is 37.0. The van der Waals surface area contributed by atoms with Gasteiger partial charge in [0.1, 0.15) is 23.3 Å². The highest BCUT2D eigenvalue weighted by Gasteiger charge is 2.44. The topological polar surface area (TPSA) is 293 Å². The minimum absolute atomic E-state index is 0.190. The Morgan fingerprint density at radius 3 is 1.47 bits per heavy atom. The molecule has 18 heteroatoms. The van der Waals surface area contributed by atoms with Crippen LogP contribution < -0.4 is 22.1 Å². The first-order chi connectivity index (χ1) is 29.3. The zero-order valence-electron chi connectivity index (χ0n) is 31.4. The van der Waals surface area contributed by atoms with E-state index >= 15 is 0 Å². The highest BCUT2D eigenvalue weighted by Crippen LogP contribution is 2.40. The number of H-pyrrole nitrogens is 2. The first-order valence-corrected chi connectivity index (χ1v) is 18.7. The second kappa shape index (κ2) is 15.4. The molecule has 292 valence electrons. The number of nitrogens with two attached hydrogens (primary N) is 2. The molecule has 2 aliphatic rings. The minimum atomic E-state index is -0.265. The molecule has 8 heterocycles. The maximum absolute atomic E-state index is 12.3. The van der Waals surface area contributed by atoms with Crippen LogP contribution in [0.4, 0.5) is 23.3 Å². The van der Waals surface area contributed by atoms with E-state index in [-0.39, 0.29) is 35.5 Å². The van der Waals surface area contributed by atoms with Crippen LogP contribution in [0.25, 0.3) is 66.3 Å². The normalized spacial score (nSPS) is 17.4. The van der Waals surface area contributed by atoms with E-state index < -0.39 is 0 Å². The number of carbonyl (C=O) groups excluding carboxylic acids is 2. The molecule has 0 spiro atoms. The number of rotatable bonds is 8. The summed E-state index contributed by atoms with van der Waals surface area (Å²) < 4.78 is 0. The quantitative estimate of drug-likeness (QED) is 0.110. The van der Waals surface area contributed by atoms with Crippen LogP contribution in [-0.2, 0) is 9.59 Å². The van der Waals surface area contributed by atoms with E-state index in [9.17, 15) is 9.59 Å². The van der Waals surface area contributed by atoms with Gasteiger partial charge in [-0.05, 0) is 71.1 Å². The van der Waals surface area contributed by atoms with Gasteiger partial charge in [0.2, 0.25) is 11.8 Å². The second-order valence-corrected chi connectivity index (χ2v) is 14.3. The van der Waals surface area contributed by atoms with Crippen LogP contribution in [0.3, 0.4) is 0 Å². The number of nitrogens with zero attached hydrogens (tertiary/aromatic N) is 10. The summed E-state index contributed by atoms with van der Waals surface area (Å²) in [7, 11) is 0. The SMILES string of the molecule is N#C[C@@H]1CC1C(=O)Nc1cc2cc(-c3cnccc3-c3cn[nH]c3)nc(N)c2cn1.N#C[C@H]1C[C@@H]1C(=O)Nc1cc2cc(-c3cnccc3-c3cn[nH]c3)nc(N)c2cn1. The molecule has 2 saturated carbocycles. The van der Waals surface area contributed by atoms with Crippen LogP contribution in [0, 0.1) is 46.3 Å². The summed E-state index contributed by atoms with van der Waals surface area (Å²) in [6.45, 7) is 0. The third-order valence-electron chi connectivity index (χ3n) is 10.4. The fourth-order valence-corrected chi connectivity index (χ4v) is 6.95. The zero-order chi connectivity index (χ0) is 41.3. The lowest BCUT2D eigenvalue weighted by Crippen LogP contribution is -2.15. The van der Waals surface area contributed by atoms with Crippen molar-refractivity contribution in [1.29, 1.82) is 10.5 Å². The molecule has 0 saturated heterocycles. The van der Waals surface area contributed by atoms with Gasteiger partial charge in [-0.25, -0.2) is 19.9 Å². The van der Waals surface area contributed by atoms with Crippen LogP contribution >= 0.6 is 0 Å². The largest absolute Gasteiger partial charge is 0.383 e. The Hall–Kier alpha value is -8.64. The van der Waals surface area contributed by atoms with Gasteiger partial charge in [0, 0.05) is 82.6 Å². The Morgan fingerprint density at radius 1 is 0.633 bits per heavy atom. The maximum Gasteiger partial charge on any atom is 0.230 e. The van der Waals surface area contributed by atoms with Crippen LogP contribution in [-0.4, -0.2) is 62.1 Å². The van der Waals surface area contributed by atoms with E-state index in [0.717, 1.165) is 44.2 Å². The van der Waals surface area contributed by atoms with Crippen molar-refractivity contribution in [3.63, 3.8) is 0 Å². The highest BCUT2D eigenvalue weighted by atomic mass is 16.2. The predicted molar refractivity (Wildman–Crippen MR) is 221 cm³/mol. The molecule has 18 nitrogen and oxygen atoms in total. The summed E-state index contributed by atoms with van der Waals surface area (Å²) >= 11 is 0.